The zero-order valence-corrected chi connectivity index (χ0v) is 12.7. The van der Waals surface area contributed by atoms with E-state index in [1.54, 1.807) is 7.11 Å². The van der Waals surface area contributed by atoms with Crippen LogP contribution < -0.4 is 10.1 Å². The molecule has 0 aromatic heterocycles. The Labute approximate surface area is 113 Å². The Hall–Kier alpha value is -0.540. The van der Waals surface area contributed by atoms with Crippen LogP contribution in [0.25, 0.3) is 0 Å². The third-order valence-corrected chi connectivity index (χ3v) is 3.88. The largest absolute Gasteiger partial charge is 0.497 e. The fourth-order valence-electron chi connectivity index (χ4n) is 2.26. The number of halogens is 1. The van der Waals surface area contributed by atoms with Gasteiger partial charge in [-0.05, 0) is 43.1 Å². The molecule has 17 heavy (non-hydrogen) atoms. The second kappa shape index (κ2) is 7.02. The monoisotopic (exact) mass is 299 g/mol. The molecule has 2 atom stereocenters. The molecule has 2 nitrogen and oxygen atoms in total. The van der Waals surface area contributed by atoms with Gasteiger partial charge in [-0.1, -0.05) is 36.2 Å². The van der Waals surface area contributed by atoms with E-state index in [0.717, 1.165) is 10.2 Å². The summed E-state index contributed by atoms with van der Waals surface area (Å²) in [5.74, 6) is 1.51. The molecule has 0 fully saturated rings. The van der Waals surface area contributed by atoms with Gasteiger partial charge < -0.3 is 10.1 Å². The van der Waals surface area contributed by atoms with E-state index < -0.39 is 0 Å². The Morgan fingerprint density at radius 2 is 2.12 bits per heavy atom. The number of hydrogen-bond donors (Lipinski definition) is 1. The maximum atomic E-state index is 5.30. The second-order valence-electron chi connectivity index (χ2n) is 4.42. The zero-order valence-electron chi connectivity index (χ0n) is 11.1. The molecule has 3 heteroatoms. The summed E-state index contributed by atoms with van der Waals surface area (Å²) in [6.07, 6.45) is 2.43. The Balaban J connectivity index is 3.01. The highest BCUT2D eigenvalue weighted by Gasteiger charge is 2.19. The molecular weight excluding hydrogens is 278 g/mol. The minimum atomic E-state index is 0.361. The van der Waals surface area contributed by atoms with Crippen LogP contribution in [0.15, 0.2) is 22.7 Å². The minimum absolute atomic E-state index is 0.361. The molecular formula is C14H22BrNO. The van der Waals surface area contributed by atoms with Gasteiger partial charge in [0.05, 0.1) is 7.11 Å². The molecule has 1 aromatic carbocycles. The topological polar surface area (TPSA) is 21.3 Å². The van der Waals surface area contributed by atoms with Gasteiger partial charge in [0.15, 0.2) is 0 Å². The fourth-order valence-corrected chi connectivity index (χ4v) is 2.75. The van der Waals surface area contributed by atoms with Gasteiger partial charge in [0.2, 0.25) is 0 Å². The van der Waals surface area contributed by atoms with Gasteiger partial charge in [0.25, 0.3) is 0 Å². The molecule has 0 heterocycles. The second-order valence-corrected chi connectivity index (χ2v) is 5.27. The lowest BCUT2D eigenvalue weighted by Crippen LogP contribution is -2.23. The van der Waals surface area contributed by atoms with Crippen molar-refractivity contribution in [3.05, 3.63) is 28.2 Å². The Kier molecular flexibility index (Phi) is 6.00. The van der Waals surface area contributed by atoms with Crippen molar-refractivity contribution in [1.29, 1.82) is 0 Å². The van der Waals surface area contributed by atoms with Crippen molar-refractivity contribution in [2.75, 3.05) is 14.2 Å². The SMILES string of the molecule is CCCC(C)C(NC)c1cc(OC)ccc1Br. The molecule has 1 aromatic rings. The number of benzene rings is 1. The normalized spacial score (nSPS) is 14.4. The van der Waals surface area contributed by atoms with Crippen molar-refractivity contribution in [2.45, 2.75) is 32.7 Å². The van der Waals surface area contributed by atoms with Crippen LogP contribution in [0.4, 0.5) is 0 Å². The van der Waals surface area contributed by atoms with E-state index >= 15 is 0 Å². The fraction of sp³-hybridized carbons (Fsp3) is 0.571. The first-order chi connectivity index (χ1) is 8.13. The average molecular weight is 300 g/mol. The summed E-state index contributed by atoms with van der Waals surface area (Å²) < 4.78 is 6.44. The van der Waals surface area contributed by atoms with Crippen LogP contribution in [0.5, 0.6) is 5.75 Å². The molecule has 1 N–H and O–H groups in total. The maximum Gasteiger partial charge on any atom is 0.119 e. The highest BCUT2D eigenvalue weighted by atomic mass is 79.9. The number of nitrogens with one attached hydrogen (secondary N) is 1. The quantitative estimate of drug-likeness (QED) is 0.852. The summed E-state index contributed by atoms with van der Waals surface area (Å²) in [4.78, 5) is 0. The van der Waals surface area contributed by atoms with Gasteiger partial charge in [-0.3, -0.25) is 0 Å². The highest BCUT2D eigenvalue weighted by Crippen LogP contribution is 2.33. The molecule has 2 unspecified atom stereocenters. The molecule has 0 spiro atoms. The maximum absolute atomic E-state index is 5.30. The first-order valence-electron chi connectivity index (χ1n) is 6.14. The zero-order chi connectivity index (χ0) is 12.8. The van der Waals surface area contributed by atoms with Gasteiger partial charge in [-0.25, -0.2) is 0 Å². The summed E-state index contributed by atoms with van der Waals surface area (Å²) in [5, 5.41) is 3.41. The van der Waals surface area contributed by atoms with Gasteiger partial charge in [0, 0.05) is 10.5 Å². The lowest BCUT2D eigenvalue weighted by Gasteiger charge is -2.25. The predicted octanol–water partition coefficient (Wildman–Crippen LogP) is 4.15. The van der Waals surface area contributed by atoms with E-state index in [9.17, 15) is 0 Å². The summed E-state index contributed by atoms with van der Waals surface area (Å²) in [6.45, 7) is 4.51. The van der Waals surface area contributed by atoms with Crippen LogP contribution in [0.2, 0.25) is 0 Å². The van der Waals surface area contributed by atoms with Crippen LogP contribution in [0, 0.1) is 5.92 Å². The minimum Gasteiger partial charge on any atom is -0.497 e. The average Bonchev–Trinajstić information content (AvgIpc) is 2.33. The molecule has 0 radical (unpaired) electrons. The number of hydrogen-bond acceptors (Lipinski definition) is 2. The van der Waals surface area contributed by atoms with Gasteiger partial charge >= 0.3 is 0 Å². The van der Waals surface area contributed by atoms with E-state index in [1.165, 1.54) is 18.4 Å². The molecule has 0 aliphatic heterocycles. The Morgan fingerprint density at radius 1 is 1.41 bits per heavy atom. The number of methoxy groups -OCH3 is 1. The molecule has 96 valence electrons. The van der Waals surface area contributed by atoms with Gasteiger partial charge in [-0.15, -0.1) is 0 Å². The molecule has 0 saturated heterocycles. The predicted molar refractivity (Wildman–Crippen MR) is 76.6 cm³/mol. The van der Waals surface area contributed by atoms with Crippen LogP contribution >= 0.6 is 15.9 Å². The Bertz CT molecular complexity index is 354. The van der Waals surface area contributed by atoms with E-state index in [1.807, 2.05) is 13.1 Å². The standard InChI is InChI=1S/C14H22BrNO/c1-5-6-10(2)14(16-3)12-9-11(17-4)7-8-13(12)15/h7-10,14,16H,5-6H2,1-4H3. The summed E-state index contributed by atoms with van der Waals surface area (Å²) in [5.41, 5.74) is 1.27. The molecule has 0 amide bonds. The van der Waals surface area contributed by atoms with Gasteiger partial charge in [-0.2, -0.15) is 0 Å². The van der Waals surface area contributed by atoms with E-state index in [4.69, 9.17) is 4.74 Å². The first kappa shape index (κ1) is 14.5. The van der Waals surface area contributed by atoms with Crippen LogP contribution in [-0.2, 0) is 0 Å². The summed E-state index contributed by atoms with van der Waals surface area (Å²) in [7, 11) is 3.72. The van der Waals surface area contributed by atoms with Crippen molar-refractivity contribution in [3.8, 4) is 5.75 Å². The number of ether oxygens (including phenoxy) is 1. The van der Waals surface area contributed by atoms with Crippen molar-refractivity contribution >= 4 is 15.9 Å². The molecule has 0 aliphatic rings. The summed E-state index contributed by atoms with van der Waals surface area (Å²) in [6, 6.07) is 6.50. The molecule has 0 saturated carbocycles. The van der Waals surface area contributed by atoms with Crippen LogP contribution in [0.3, 0.4) is 0 Å². The molecule has 0 aliphatic carbocycles. The first-order valence-corrected chi connectivity index (χ1v) is 6.94. The Morgan fingerprint density at radius 3 is 2.65 bits per heavy atom. The van der Waals surface area contributed by atoms with Crippen molar-refractivity contribution in [2.24, 2.45) is 5.92 Å². The van der Waals surface area contributed by atoms with Crippen molar-refractivity contribution in [1.82, 2.24) is 5.32 Å². The summed E-state index contributed by atoms with van der Waals surface area (Å²) >= 11 is 3.62. The third kappa shape index (κ3) is 3.71. The van der Waals surface area contributed by atoms with Crippen LogP contribution in [-0.4, -0.2) is 14.2 Å². The van der Waals surface area contributed by atoms with E-state index in [0.29, 0.717) is 12.0 Å². The van der Waals surface area contributed by atoms with Crippen molar-refractivity contribution in [3.63, 3.8) is 0 Å². The van der Waals surface area contributed by atoms with Gasteiger partial charge in [0.1, 0.15) is 5.75 Å². The number of rotatable bonds is 6. The lowest BCUT2D eigenvalue weighted by molar-refractivity contribution is 0.378. The molecule has 1 rings (SSSR count). The van der Waals surface area contributed by atoms with Crippen molar-refractivity contribution < 1.29 is 4.74 Å². The van der Waals surface area contributed by atoms with E-state index in [-0.39, 0.29) is 0 Å². The highest BCUT2D eigenvalue weighted by molar-refractivity contribution is 9.10. The van der Waals surface area contributed by atoms with Crippen LogP contribution in [0.1, 0.15) is 38.3 Å². The third-order valence-electron chi connectivity index (χ3n) is 3.16. The lowest BCUT2D eigenvalue weighted by atomic mass is 9.91. The molecule has 0 bridgehead atoms. The van der Waals surface area contributed by atoms with E-state index in [2.05, 4.69) is 47.2 Å². The smallest absolute Gasteiger partial charge is 0.119 e.